The number of hydrogen-bond acceptors (Lipinski definition) is 4. The summed E-state index contributed by atoms with van der Waals surface area (Å²) in [5.41, 5.74) is 11.9. The summed E-state index contributed by atoms with van der Waals surface area (Å²) in [5.74, 6) is -0.614. The minimum Gasteiger partial charge on any atom is -0.399 e. The van der Waals surface area contributed by atoms with E-state index in [0.29, 0.717) is 22.9 Å². The zero-order valence-corrected chi connectivity index (χ0v) is 11.8. The Morgan fingerprint density at radius 2 is 2.17 bits per heavy atom. The predicted molar refractivity (Wildman–Crippen MR) is 76.4 cm³/mol. The quantitative estimate of drug-likeness (QED) is 0.709. The molecule has 0 aromatic heterocycles. The molecule has 0 heterocycles. The molecule has 0 aliphatic carbocycles. The first-order valence-corrected chi connectivity index (χ1v) is 7.27. The summed E-state index contributed by atoms with van der Waals surface area (Å²) in [4.78, 5) is 11.3. The first kappa shape index (κ1) is 14.8. The summed E-state index contributed by atoms with van der Waals surface area (Å²) in [7, 11) is -0.959. The maximum absolute atomic E-state index is 11.3. The Bertz CT molecular complexity index is 493. The van der Waals surface area contributed by atoms with E-state index in [2.05, 4.69) is 5.32 Å². The van der Waals surface area contributed by atoms with Crippen molar-refractivity contribution in [3.05, 3.63) is 22.7 Å². The van der Waals surface area contributed by atoms with Crippen LogP contribution < -0.4 is 16.8 Å². The van der Waals surface area contributed by atoms with Gasteiger partial charge in [-0.1, -0.05) is 11.6 Å². The maximum atomic E-state index is 11.3. The number of halogens is 1. The predicted octanol–water partition coefficient (Wildman–Crippen LogP) is 1.20. The van der Waals surface area contributed by atoms with Gasteiger partial charge in [0.1, 0.15) is 0 Å². The Morgan fingerprint density at radius 1 is 1.56 bits per heavy atom. The van der Waals surface area contributed by atoms with Gasteiger partial charge in [-0.25, -0.2) is 0 Å². The van der Waals surface area contributed by atoms with Crippen molar-refractivity contribution in [3.8, 4) is 0 Å². The first-order chi connectivity index (χ1) is 8.32. The Kier molecular flexibility index (Phi) is 4.98. The number of carbonyl (C=O) groups excluding carboxylic acids is 1. The van der Waals surface area contributed by atoms with Crippen molar-refractivity contribution in [2.75, 3.05) is 23.9 Å². The topological polar surface area (TPSA) is 98.2 Å². The van der Waals surface area contributed by atoms with Crippen molar-refractivity contribution < 1.29 is 9.00 Å². The molecule has 100 valence electrons. The van der Waals surface area contributed by atoms with Crippen LogP contribution in [-0.4, -0.2) is 28.2 Å². The number of carbonyl (C=O) groups is 1. The lowest BCUT2D eigenvalue weighted by Crippen LogP contribution is -2.23. The molecule has 5 N–H and O–H groups in total. The molecule has 0 aliphatic heterocycles. The fraction of sp³-hybridized carbons (Fsp3) is 0.364. The largest absolute Gasteiger partial charge is 0.399 e. The van der Waals surface area contributed by atoms with Gasteiger partial charge in [-0.15, -0.1) is 0 Å². The molecule has 0 saturated carbocycles. The van der Waals surface area contributed by atoms with Gasteiger partial charge >= 0.3 is 0 Å². The van der Waals surface area contributed by atoms with Crippen LogP contribution >= 0.6 is 11.6 Å². The number of benzene rings is 1. The highest BCUT2D eigenvalue weighted by molar-refractivity contribution is 7.84. The lowest BCUT2D eigenvalue weighted by Gasteiger charge is -2.15. The van der Waals surface area contributed by atoms with Crippen LogP contribution in [0.25, 0.3) is 0 Å². The molecule has 1 aromatic rings. The normalized spacial score (nSPS) is 13.9. The molecule has 7 heteroatoms. The smallest absolute Gasteiger partial charge is 0.250 e. The number of nitrogen functional groups attached to an aromatic ring is 1. The van der Waals surface area contributed by atoms with E-state index in [4.69, 9.17) is 23.1 Å². The molecule has 0 fully saturated rings. The molecule has 0 radical (unpaired) electrons. The molecule has 0 saturated heterocycles. The third-order valence-electron chi connectivity index (χ3n) is 2.51. The molecule has 0 aliphatic rings. The molecular weight excluding hydrogens is 274 g/mol. The molecule has 0 spiro atoms. The maximum Gasteiger partial charge on any atom is 0.250 e. The Morgan fingerprint density at radius 3 is 2.67 bits per heavy atom. The lowest BCUT2D eigenvalue weighted by atomic mass is 10.1. The van der Waals surface area contributed by atoms with Crippen molar-refractivity contribution in [1.82, 2.24) is 0 Å². The number of anilines is 2. The number of amides is 1. The third kappa shape index (κ3) is 3.61. The highest BCUT2D eigenvalue weighted by Crippen LogP contribution is 2.29. The van der Waals surface area contributed by atoms with Crippen LogP contribution in [0.15, 0.2) is 12.1 Å². The van der Waals surface area contributed by atoms with Gasteiger partial charge in [0.05, 0.1) is 16.3 Å². The van der Waals surface area contributed by atoms with Gasteiger partial charge in [0.25, 0.3) is 5.91 Å². The average Bonchev–Trinajstić information content (AvgIpc) is 2.26. The monoisotopic (exact) mass is 289 g/mol. The van der Waals surface area contributed by atoms with Crippen LogP contribution in [0.4, 0.5) is 11.4 Å². The van der Waals surface area contributed by atoms with E-state index in [-0.39, 0.29) is 10.8 Å². The number of nitrogens with one attached hydrogen (secondary N) is 1. The minimum atomic E-state index is -0.959. The molecule has 1 rings (SSSR count). The zero-order valence-electron chi connectivity index (χ0n) is 10.2. The third-order valence-corrected chi connectivity index (χ3v) is 4.11. The van der Waals surface area contributed by atoms with E-state index < -0.39 is 16.7 Å². The van der Waals surface area contributed by atoms with Crippen LogP contribution in [0.5, 0.6) is 0 Å². The van der Waals surface area contributed by atoms with E-state index in [1.807, 2.05) is 6.92 Å². The van der Waals surface area contributed by atoms with E-state index in [1.54, 1.807) is 6.26 Å². The fourth-order valence-corrected chi connectivity index (χ4v) is 1.98. The van der Waals surface area contributed by atoms with Gasteiger partial charge in [-0.2, -0.15) is 0 Å². The van der Waals surface area contributed by atoms with Crippen molar-refractivity contribution in [2.45, 2.75) is 12.2 Å². The SMILES string of the molecule is CC(CNc1c(Cl)cc(N)cc1C(N)=O)S(C)=O. The molecule has 1 aromatic carbocycles. The number of hydrogen-bond donors (Lipinski definition) is 3. The van der Waals surface area contributed by atoms with Gasteiger partial charge in [0, 0.05) is 34.5 Å². The summed E-state index contributed by atoms with van der Waals surface area (Å²) in [6.45, 7) is 2.26. The van der Waals surface area contributed by atoms with Crippen LogP contribution in [0.2, 0.25) is 5.02 Å². The molecule has 0 bridgehead atoms. The number of nitrogens with two attached hydrogens (primary N) is 2. The van der Waals surface area contributed by atoms with Crippen molar-refractivity contribution in [2.24, 2.45) is 5.73 Å². The van der Waals surface area contributed by atoms with Crippen LogP contribution in [0.3, 0.4) is 0 Å². The standard InChI is InChI=1S/C11H16ClN3O2S/c1-6(18(2)17)5-15-10-8(11(14)16)3-7(13)4-9(10)12/h3-4,6,15H,5,13H2,1-2H3,(H2,14,16). The molecule has 1 amide bonds. The summed E-state index contributed by atoms with van der Waals surface area (Å²) in [6.07, 6.45) is 1.62. The van der Waals surface area contributed by atoms with E-state index in [1.165, 1.54) is 12.1 Å². The second-order valence-corrected chi connectivity index (χ2v) is 6.19. The second-order valence-electron chi connectivity index (χ2n) is 3.98. The van der Waals surface area contributed by atoms with Gasteiger partial charge in [-0.3, -0.25) is 9.00 Å². The first-order valence-electron chi connectivity index (χ1n) is 5.27. The Hall–Kier alpha value is -1.27. The highest BCUT2D eigenvalue weighted by atomic mass is 35.5. The van der Waals surface area contributed by atoms with Crippen LogP contribution in [0, 0.1) is 0 Å². The summed E-state index contributed by atoms with van der Waals surface area (Å²) in [5, 5.41) is 3.24. The summed E-state index contributed by atoms with van der Waals surface area (Å²) < 4.78 is 11.2. The number of primary amides is 1. The summed E-state index contributed by atoms with van der Waals surface area (Å²) >= 11 is 6.02. The van der Waals surface area contributed by atoms with E-state index in [0.717, 1.165) is 0 Å². The highest BCUT2D eigenvalue weighted by Gasteiger charge is 2.14. The molecular formula is C11H16ClN3O2S. The van der Waals surface area contributed by atoms with Gasteiger partial charge in [0.2, 0.25) is 0 Å². The fourth-order valence-electron chi connectivity index (χ4n) is 1.36. The zero-order chi connectivity index (χ0) is 13.9. The molecule has 2 unspecified atom stereocenters. The second kappa shape index (κ2) is 6.06. The average molecular weight is 290 g/mol. The lowest BCUT2D eigenvalue weighted by molar-refractivity contribution is 0.100. The minimum absolute atomic E-state index is 0.0700. The van der Waals surface area contributed by atoms with Crippen molar-refractivity contribution in [3.63, 3.8) is 0 Å². The number of rotatable bonds is 5. The van der Waals surface area contributed by atoms with Crippen molar-refractivity contribution >= 4 is 39.7 Å². The molecule has 2 atom stereocenters. The molecule has 5 nitrogen and oxygen atoms in total. The van der Waals surface area contributed by atoms with Crippen LogP contribution in [-0.2, 0) is 10.8 Å². The Balaban J connectivity index is 3.00. The Labute approximate surface area is 113 Å². The van der Waals surface area contributed by atoms with Gasteiger partial charge < -0.3 is 16.8 Å². The van der Waals surface area contributed by atoms with Gasteiger partial charge in [0.15, 0.2) is 0 Å². The summed E-state index contributed by atoms with van der Waals surface area (Å²) in [6, 6.07) is 2.99. The van der Waals surface area contributed by atoms with E-state index in [9.17, 15) is 9.00 Å². The van der Waals surface area contributed by atoms with Crippen LogP contribution in [0.1, 0.15) is 17.3 Å². The van der Waals surface area contributed by atoms with E-state index >= 15 is 0 Å². The molecule has 18 heavy (non-hydrogen) atoms. The van der Waals surface area contributed by atoms with Gasteiger partial charge in [-0.05, 0) is 19.1 Å². The van der Waals surface area contributed by atoms with Crippen molar-refractivity contribution in [1.29, 1.82) is 0 Å².